The van der Waals surface area contributed by atoms with Gasteiger partial charge in [0.2, 0.25) is 5.91 Å². The van der Waals surface area contributed by atoms with Crippen molar-refractivity contribution in [3.63, 3.8) is 0 Å². The van der Waals surface area contributed by atoms with Gasteiger partial charge in [-0.15, -0.1) is 0 Å². The predicted octanol–water partition coefficient (Wildman–Crippen LogP) is 4.69. The first kappa shape index (κ1) is 21.1. The van der Waals surface area contributed by atoms with Gasteiger partial charge in [0, 0.05) is 18.5 Å². The van der Waals surface area contributed by atoms with E-state index in [0.717, 1.165) is 5.75 Å². The monoisotopic (exact) mass is 429 g/mol. The van der Waals surface area contributed by atoms with Crippen molar-refractivity contribution < 1.29 is 14.3 Å². The van der Waals surface area contributed by atoms with Crippen LogP contribution in [0.1, 0.15) is 19.2 Å². The molecule has 4 rings (SSSR count). The van der Waals surface area contributed by atoms with Gasteiger partial charge in [-0.25, -0.2) is 4.98 Å². The van der Waals surface area contributed by atoms with Gasteiger partial charge >= 0.3 is 0 Å². The molecular formula is C25H23N3O4. The number of rotatable bonds is 8. The molecule has 4 aromatic rings. The highest BCUT2D eigenvalue weighted by Gasteiger charge is 2.08. The maximum atomic E-state index is 12.3. The molecule has 0 aliphatic carbocycles. The van der Waals surface area contributed by atoms with Crippen molar-refractivity contribution >= 4 is 22.5 Å². The quantitative estimate of drug-likeness (QED) is 0.424. The van der Waals surface area contributed by atoms with Gasteiger partial charge < -0.3 is 19.8 Å². The summed E-state index contributed by atoms with van der Waals surface area (Å²) in [5.41, 5.74) is 1.08. The maximum absolute atomic E-state index is 12.3. The first-order valence-electron chi connectivity index (χ1n) is 10.4. The molecule has 162 valence electrons. The summed E-state index contributed by atoms with van der Waals surface area (Å²) in [7, 11) is 0. The number of nitrogens with zero attached hydrogens (tertiary/aromatic N) is 1. The number of anilines is 1. The van der Waals surface area contributed by atoms with Crippen LogP contribution in [0.3, 0.4) is 0 Å². The standard InChI is InChI=1S/C25H23N3O4/c1-2-31-18-11-13-20(14-12-18)32-19-9-7-17(8-10-19)26-24(29)16-15-23-27-22-6-4-3-5-21(22)25(30)28-23/h3-14H,2,15-16H2,1H3,(H,26,29)(H,27,28,30). The zero-order valence-corrected chi connectivity index (χ0v) is 17.6. The number of aromatic nitrogens is 2. The van der Waals surface area contributed by atoms with Crippen molar-refractivity contribution in [2.24, 2.45) is 0 Å². The summed E-state index contributed by atoms with van der Waals surface area (Å²) in [6, 6.07) is 21.6. The van der Waals surface area contributed by atoms with E-state index in [1.807, 2.05) is 37.3 Å². The molecule has 1 amide bonds. The zero-order chi connectivity index (χ0) is 22.3. The summed E-state index contributed by atoms with van der Waals surface area (Å²) in [5, 5.41) is 3.38. The Labute approximate surface area is 185 Å². The van der Waals surface area contributed by atoms with Crippen molar-refractivity contribution in [2.45, 2.75) is 19.8 Å². The largest absolute Gasteiger partial charge is 0.494 e. The summed E-state index contributed by atoms with van der Waals surface area (Å²) < 4.78 is 11.2. The Hall–Kier alpha value is -4.13. The number of aromatic amines is 1. The molecule has 0 radical (unpaired) electrons. The van der Waals surface area contributed by atoms with Crippen LogP contribution < -0.4 is 20.3 Å². The average Bonchev–Trinajstić information content (AvgIpc) is 2.81. The van der Waals surface area contributed by atoms with E-state index in [9.17, 15) is 9.59 Å². The van der Waals surface area contributed by atoms with Crippen molar-refractivity contribution in [3.05, 3.63) is 89.0 Å². The number of aryl methyl sites for hydroxylation is 1. The highest BCUT2D eigenvalue weighted by atomic mass is 16.5. The van der Waals surface area contributed by atoms with Gasteiger partial charge in [0.25, 0.3) is 5.56 Å². The Morgan fingerprint density at radius 1 is 0.938 bits per heavy atom. The van der Waals surface area contributed by atoms with E-state index in [4.69, 9.17) is 9.47 Å². The molecule has 1 heterocycles. The number of hydrogen-bond donors (Lipinski definition) is 2. The van der Waals surface area contributed by atoms with Gasteiger partial charge in [-0.1, -0.05) is 12.1 Å². The third-order valence-corrected chi connectivity index (χ3v) is 4.76. The summed E-state index contributed by atoms with van der Waals surface area (Å²) in [6.07, 6.45) is 0.538. The molecule has 32 heavy (non-hydrogen) atoms. The number of carbonyl (C=O) groups is 1. The number of H-pyrrole nitrogens is 1. The fourth-order valence-electron chi connectivity index (χ4n) is 3.22. The van der Waals surface area contributed by atoms with Gasteiger partial charge in [-0.05, 0) is 67.6 Å². The van der Waals surface area contributed by atoms with E-state index in [-0.39, 0.29) is 17.9 Å². The number of benzene rings is 3. The first-order chi connectivity index (χ1) is 15.6. The van der Waals surface area contributed by atoms with E-state index in [1.165, 1.54) is 0 Å². The number of para-hydroxylation sites is 1. The third kappa shape index (κ3) is 5.31. The van der Waals surface area contributed by atoms with E-state index in [0.29, 0.717) is 46.9 Å². The molecule has 7 nitrogen and oxygen atoms in total. The second-order valence-corrected chi connectivity index (χ2v) is 7.11. The van der Waals surface area contributed by atoms with Crippen LogP contribution in [0.2, 0.25) is 0 Å². The topological polar surface area (TPSA) is 93.3 Å². The molecule has 0 bridgehead atoms. The Balaban J connectivity index is 1.31. The highest BCUT2D eigenvalue weighted by Crippen LogP contribution is 2.25. The Morgan fingerprint density at radius 3 is 2.31 bits per heavy atom. The van der Waals surface area contributed by atoms with Crippen LogP contribution in [0.5, 0.6) is 17.2 Å². The lowest BCUT2D eigenvalue weighted by Crippen LogP contribution is -2.16. The van der Waals surface area contributed by atoms with Crippen LogP contribution in [-0.2, 0) is 11.2 Å². The lowest BCUT2D eigenvalue weighted by molar-refractivity contribution is -0.116. The summed E-state index contributed by atoms with van der Waals surface area (Å²) in [5.74, 6) is 2.47. The molecule has 3 aromatic carbocycles. The van der Waals surface area contributed by atoms with Crippen LogP contribution in [0, 0.1) is 0 Å². The van der Waals surface area contributed by atoms with Gasteiger partial charge in [0.05, 0.1) is 17.5 Å². The van der Waals surface area contributed by atoms with Gasteiger partial charge in [-0.3, -0.25) is 9.59 Å². The van der Waals surface area contributed by atoms with E-state index in [2.05, 4.69) is 15.3 Å². The van der Waals surface area contributed by atoms with Crippen LogP contribution >= 0.6 is 0 Å². The smallest absolute Gasteiger partial charge is 0.258 e. The van der Waals surface area contributed by atoms with Crippen molar-refractivity contribution in [3.8, 4) is 17.2 Å². The minimum atomic E-state index is -0.200. The molecule has 2 N–H and O–H groups in total. The Morgan fingerprint density at radius 2 is 1.59 bits per heavy atom. The van der Waals surface area contributed by atoms with Gasteiger partial charge in [0.1, 0.15) is 23.1 Å². The number of fused-ring (bicyclic) bond motifs is 1. The Bertz CT molecular complexity index is 1270. The van der Waals surface area contributed by atoms with Crippen molar-refractivity contribution in [2.75, 3.05) is 11.9 Å². The van der Waals surface area contributed by atoms with Gasteiger partial charge in [0.15, 0.2) is 0 Å². The summed E-state index contributed by atoms with van der Waals surface area (Å²) in [4.78, 5) is 31.6. The van der Waals surface area contributed by atoms with Gasteiger partial charge in [-0.2, -0.15) is 0 Å². The molecule has 0 aliphatic rings. The predicted molar refractivity (Wildman–Crippen MR) is 123 cm³/mol. The average molecular weight is 429 g/mol. The van der Waals surface area contributed by atoms with Crippen molar-refractivity contribution in [1.82, 2.24) is 9.97 Å². The zero-order valence-electron chi connectivity index (χ0n) is 17.6. The lowest BCUT2D eigenvalue weighted by atomic mass is 10.2. The number of nitrogens with one attached hydrogen (secondary N) is 2. The minimum Gasteiger partial charge on any atom is -0.494 e. The van der Waals surface area contributed by atoms with E-state index >= 15 is 0 Å². The van der Waals surface area contributed by atoms with E-state index in [1.54, 1.807) is 42.5 Å². The molecule has 0 atom stereocenters. The summed E-state index contributed by atoms with van der Waals surface area (Å²) in [6.45, 7) is 2.55. The first-order valence-corrected chi connectivity index (χ1v) is 10.4. The number of ether oxygens (including phenoxy) is 2. The van der Waals surface area contributed by atoms with Crippen LogP contribution in [0.15, 0.2) is 77.6 Å². The summed E-state index contributed by atoms with van der Waals surface area (Å²) >= 11 is 0. The number of carbonyl (C=O) groups excluding carboxylic acids is 1. The van der Waals surface area contributed by atoms with Crippen molar-refractivity contribution in [1.29, 1.82) is 0 Å². The van der Waals surface area contributed by atoms with Crippen LogP contribution in [0.25, 0.3) is 10.9 Å². The molecule has 7 heteroatoms. The lowest BCUT2D eigenvalue weighted by Gasteiger charge is -2.09. The fourth-order valence-corrected chi connectivity index (χ4v) is 3.22. The highest BCUT2D eigenvalue weighted by molar-refractivity contribution is 5.90. The third-order valence-electron chi connectivity index (χ3n) is 4.76. The normalized spacial score (nSPS) is 10.7. The Kier molecular flexibility index (Phi) is 6.46. The molecule has 1 aromatic heterocycles. The molecule has 0 saturated heterocycles. The molecular weight excluding hydrogens is 406 g/mol. The molecule has 0 fully saturated rings. The molecule has 0 aliphatic heterocycles. The SMILES string of the molecule is CCOc1ccc(Oc2ccc(NC(=O)CCc3nc4ccccc4c(=O)[nH]3)cc2)cc1. The fraction of sp³-hybridized carbons (Fsp3) is 0.160. The maximum Gasteiger partial charge on any atom is 0.258 e. The number of hydrogen-bond acceptors (Lipinski definition) is 5. The minimum absolute atomic E-state index is 0.166. The molecule has 0 spiro atoms. The molecule has 0 unspecified atom stereocenters. The van der Waals surface area contributed by atoms with Crippen LogP contribution in [-0.4, -0.2) is 22.5 Å². The molecule has 0 saturated carbocycles. The number of amides is 1. The second kappa shape index (κ2) is 9.78. The second-order valence-electron chi connectivity index (χ2n) is 7.11. The van der Waals surface area contributed by atoms with Crippen LogP contribution in [0.4, 0.5) is 5.69 Å². The van der Waals surface area contributed by atoms with E-state index < -0.39 is 0 Å².